The van der Waals surface area contributed by atoms with Crippen LogP contribution < -0.4 is 5.32 Å². The maximum atomic E-state index is 4.71. The van der Waals surface area contributed by atoms with Crippen molar-refractivity contribution < 1.29 is 0 Å². The summed E-state index contributed by atoms with van der Waals surface area (Å²) >= 11 is 1.89. The molecule has 0 spiro atoms. The largest absolute Gasteiger partial charge is 0.352 e. The van der Waals surface area contributed by atoms with E-state index < -0.39 is 0 Å². The molecule has 0 saturated heterocycles. The molecular weight excluding hydrogens is 292 g/mol. The summed E-state index contributed by atoms with van der Waals surface area (Å²) in [5.74, 6) is 0.772. The van der Waals surface area contributed by atoms with Gasteiger partial charge in [-0.15, -0.1) is 11.3 Å². The van der Waals surface area contributed by atoms with Gasteiger partial charge in [-0.3, -0.25) is 4.90 Å². The zero-order chi connectivity index (χ0) is 15.7. The zero-order valence-electron chi connectivity index (χ0n) is 13.8. The maximum Gasteiger partial charge on any atom is 0.223 e. The van der Waals surface area contributed by atoms with Crippen molar-refractivity contribution in [3.63, 3.8) is 0 Å². The van der Waals surface area contributed by atoms with Gasteiger partial charge < -0.3 is 5.32 Å². The average Bonchev–Trinajstić information content (AvgIpc) is 2.84. The quantitative estimate of drug-likeness (QED) is 0.937. The van der Waals surface area contributed by atoms with Crippen molar-refractivity contribution in [2.45, 2.75) is 53.2 Å². The van der Waals surface area contributed by atoms with E-state index in [0.29, 0.717) is 6.04 Å². The van der Waals surface area contributed by atoms with Crippen LogP contribution in [0, 0.1) is 13.8 Å². The third kappa shape index (κ3) is 3.47. The summed E-state index contributed by atoms with van der Waals surface area (Å²) in [6.45, 7) is 11.6. The summed E-state index contributed by atoms with van der Waals surface area (Å²) in [6, 6.07) is 4.81. The molecule has 118 valence electrons. The van der Waals surface area contributed by atoms with E-state index in [-0.39, 0.29) is 0 Å². The predicted octanol–water partition coefficient (Wildman–Crippen LogP) is 3.53. The summed E-state index contributed by atoms with van der Waals surface area (Å²) in [4.78, 5) is 14.7. The van der Waals surface area contributed by atoms with Gasteiger partial charge in [-0.05, 0) is 39.8 Å². The second-order valence-corrected chi connectivity index (χ2v) is 7.70. The van der Waals surface area contributed by atoms with Crippen LogP contribution in [0.1, 0.15) is 40.6 Å². The average molecular weight is 316 g/mol. The highest BCUT2D eigenvalue weighted by molar-refractivity contribution is 7.11. The van der Waals surface area contributed by atoms with Gasteiger partial charge in [0.05, 0.1) is 5.69 Å². The first-order valence-corrected chi connectivity index (χ1v) is 8.73. The Bertz CT molecular complexity index is 663. The normalized spacial score (nSPS) is 15.1. The first-order valence-electron chi connectivity index (χ1n) is 7.92. The van der Waals surface area contributed by atoms with Gasteiger partial charge in [-0.1, -0.05) is 0 Å². The number of aryl methyl sites for hydroxylation is 2. The summed E-state index contributed by atoms with van der Waals surface area (Å²) in [6.07, 6.45) is 1.01. The number of nitrogens with one attached hydrogen (secondary N) is 1. The van der Waals surface area contributed by atoms with E-state index in [4.69, 9.17) is 4.98 Å². The number of thiophene rings is 1. The highest BCUT2D eigenvalue weighted by atomic mass is 32.1. The molecule has 5 heteroatoms. The van der Waals surface area contributed by atoms with Crippen molar-refractivity contribution >= 4 is 17.3 Å². The van der Waals surface area contributed by atoms with E-state index in [9.17, 15) is 0 Å². The van der Waals surface area contributed by atoms with Crippen LogP contribution in [0.2, 0.25) is 0 Å². The fraction of sp³-hybridized carbons (Fsp3) is 0.529. The Balaban J connectivity index is 1.75. The molecule has 4 nitrogen and oxygen atoms in total. The number of rotatable bonds is 4. The monoisotopic (exact) mass is 316 g/mol. The Morgan fingerprint density at radius 1 is 1.27 bits per heavy atom. The molecule has 0 atom stereocenters. The lowest BCUT2D eigenvalue weighted by molar-refractivity contribution is 0.244. The second kappa shape index (κ2) is 6.34. The molecule has 22 heavy (non-hydrogen) atoms. The Kier molecular flexibility index (Phi) is 4.45. The van der Waals surface area contributed by atoms with E-state index in [1.54, 1.807) is 0 Å². The Morgan fingerprint density at radius 2 is 2.09 bits per heavy atom. The molecule has 0 saturated carbocycles. The van der Waals surface area contributed by atoms with E-state index >= 15 is 0 Å². The van der Waals surface area contributed by atoms with Gasteiger partial charge in [0, 0.05) is 53.1 Å². The van der Waals surface area contributed by atoms with Gasteiger partial charge >= 0.3 is 0 Å². The molecule has 1 aliphatic heterocycles. The molecule has 1 aliphatic rings. The fourth-order valence-electron chi connectivity index (χ4n) is 2.88. The Labute approximate surface area is 136 Å². The van der Waals surface area contributed by atoms with Crippen LogP contribution in [0.15, 0.2) is 12.1 Å². The van der Waals surface area contributed by atoms with Crippen molar-refractivity contribution in [2.24, 2.45) is 0 Å². The molecule has 2 aromatic heterocycles. The minimum absolute atomic E-state index is 0.361. The van der Waals surface area contributed by atoms with E-state index in [2.05, 4.69) is 55.0 Å². The molecule has 0 unspecified atom stereocenters. The summed E-state index contributed by atoms with van der Waals surface area (Å²) in [5.41, 5.74) is 3.64. The molecular formula is C17H24N4S. The third-order valence-corrected chi connectivity index (χ3v) is 4.92. The first kappa shape index (κ1) is 15.4. The minimum atomic E-state index is 0.361. The number of hydrogen-bond donors (Lipinski definition) is 1. The molecule has 0 fully saturated rings. The third-order valence-electron chi connectivity index (χ3n) is 3.94. The van der Waals surface area contributed by atoms with Gasteiger partial charge in [0.25, 0.3) is 0 Å². The molecule has 3 rings (SSSR count). The smallest absolute Gasteiger partial charge is 0.223 e. The molecule has 2 aromatic rings. The molecule has 0 amide bonds. The van der Waals surface area contributed by atoms with Gasteiger partial charge in [0.2, 0.25) is 5.95 Å². The van der Waals surface area contributed by atoms with E-state index in [1.807, 2.05) is 11.3 Å². The van der Waals surface area contributed by atoms with Gasteiger partial charge in [0.1, 0.15) is 0 Å². The molecule has 0 aliphatic carbocycles. The van der Waals surface area contributed by atoms with Crippen LogP contribution in [0.5, 0.6) is 0 Å². The van der Waals surface area contributed by atoms with E-state index in [0.717, 1.165) is 37.7 Å². The molecule has 0 radical (unpaired) electrons. The predicted molar refractivity (Wildman–Crippen MR) is 92.4 cm³/mol. The van der Waals surface area contributed by atoms with Crippen LogP contribution in [-0.2, 0) is 19.5 Å². The first-order chi connectivity index (χ1) is 10.5. The minimum Gasteiger partial charge on any atom is -0.352 e. The van der Waals surface area contributed by atoms with Crippen molar-refractivity contribution in [3.05, 3.63) is 38.8 Å². The standard InChI is InChI=1S/C17H24N4S/c1-11(2)18-17-19-13(4)15-10-21(8-7-16(15)20-17)9-14-6-5-12(3)22-14/h5-6,11H,7-10H2,1-4H3,(H,18,19,20). The lowest BCUT2D eigenvalue weighted by Crippen LogP contribution is -2.31. The van der Waals surface area contributed by atoms with Gasteiger partial charge in [-0.2, -0.15) is 0 Å². The topological polar surface area (TPSA) is 41.1 Å². The number of aromatic nitrogens is 2. The van der Waals surface area contributed by atoms with E-state index in [1.165, 1.54) is 21.0 Å². The highest BCUT2D eigenvalue weighted by Gasteiger charge is 2.21. The highest BCUT2D eigenvalue weighted by Crippen LogP contribution is 2.24. The molecule has 0 aromatic carbocycles. The fourth-order valence-corrected chi connectivity index (χ4v) is 3.82. The zero-order valence-corrected chi connectivity index (χ0v) is 14.6. The van der Waals surface area contributed by atoms with Crippen molar-refractivity contribution in [1.82, 2.24) is 14.9 Å². The summed E-state index contributed by atoms with van der Waals surface area (Å²) in [5, 5.41) is 3.32. The summed E-state index contributed by atoms with van der Waals surface area (Å²) < 4.78 is 0. The van der Waals surface area contributed by atoms with Crippen LogP contribution in [0.4, 0.5) is 5.95 Å². The Morgan fingerprint density at radius 3 is 2.77 bits per heavy atom. The number of anilines is 1. The van der Waals surface area contributed by atoms with Crippen LogP contribution >= 0.6 is 11.3 Å². The van der Waals surface area contributed by atoms with Crippen molar-refractivity contribution in [2.75, 3.05) is 11.9 Å². The molecule has 0 bridgehead atoms. The second-order valence-electron chi connectivity index (χ2n) is 6.33. The van der Waals surface area contributed by atoms with Crippen LogP contribution in [-0.4, -0.2) is 27.5 Å². The lowest BCUT2D eigenvalue weighted by atomic mass is 10.0. The molecule has 3 heterocycles. The van der Waals surface area contributed by atoms with Crippen molar-refractivity contribution in [3.8, 4) is 0 Å². The van der Waals surface area contributed by atoms with Crippen LogP contribution in [0.3, 0.4) is 0 Å². The van der Waals surface area contributed by atoms with Gasteiger partial charge in [-0.25, -0.2) is 9.97 Å². The van der Waals surface area contributed by atoms with Gasteiger partial charge in [0.15, 0.2) is 0 Å². The Hall–Kier alpha value is -1.46. The van der Waals surface area contributed by atoms with Crippen molar-refractivity contribution in [1.29, 1.82) is 0 Å². The number of fused-ring (bicyclic) bond motifs is 1. The number of nitrogens with zero attached hydrogens (tertiary/aromatic N) is 3. The summed E-state index contributed by atoms with van der Waals surface area (Å²) in [7, 11) is 0. The van der Waals surface area contributed by atoms with Crippen LogP contribution in [0.25, 0.3) is 0 Å². The maximum absolute atomic E-state index is 4.71. The SMILES string of the molecule is Cc1ccc(CN2CCc3nc(NC(C)C)nc(C)c3C2)s1. The molecule has 1 N–H and O–H groups in total. The lowest BCUT2D eigenvalue weighted by Gasteiger charge is -2.29. The number of hydrogen-bond acceptors (Lipinski definition) is 5.